The standard InChI is InChI=1S/C16H16F3N3O/c1-10(23)22-7-3-6-14(22)15-20-9-13(21-15)11-4-2-5-12(8-11)16(17,18)19/h2,4-5,8-9,14H,3,6-7H2,1H3,(H,20,21)/t14-/m0/s1. The van der Waals surface area contributed by atoms with Crippen LogP contribution >= 0.6 is 0 Å². The second-order valence-electron chi connectivity index (χ2n) is 5.63. The molecule has 0 aliphatic carbocycles. The number of hydrogen-bond donors (Lipinski definition) is 1. The van der Waals surface area contributed by atoms with Crippen molar-refractivity contribution >= 4 is 5.91 Å². The van der Waals surface area contributed by atoms with Crippen LogP contribution in [0.4, 0.5) is 13.2 Å². The molecular weight excluding hydrogens is 307 g/mol. The largest absolute Gasteiger partial charge is 0.416 e. The fraction of sp³-hybridized carbons (Fsp3) is 0.375. The molecule has 1 N–H and O–H groups in total. The van der Waals surface area contributed by atoms with Gasteiger partial charge in [0.05, 0.1) is 23.5 Å². The van der Waals surface area contributed by atoms with Gasteiger partial charge in [0.1, 0.15) is 5.82 Å². The van der Waals surface area contributed by atoms with Crippen molar-refractivity contribution in [2.75, 3.05) is 6.54 Å². The number of hydrogen-bond acceptors (Lipinski definition) is 2. The predicted octanol–water partition coefficient (Wildman–Crippen LogP) is 3.78. The Bertz CT molecular complexity index is 723. The molecule has 0 unspecified atom stereocenters. The zero-order valence-electron chi connectivity index (χ0n) is 12.5. The van der Waals surface area contributed by atoms with Crippen molar-refractivity contribution < 1.29 is 18.0 Å². The smallest absolute Gasteiger partial charge is 0.340 e. The van der Waals surface area contributed by atoms with Crippen LogP contribution in [0, 0.1) is 0 Å². The minimum Gasteiger partial charge on any atom is -0.340 e. The first-order valence-electron chi connectivity index (χ1n) is 7.36. The summed E-state index contributed by atoms with van der Waals surface area (Å²) in [7, 11) is 0. The number of carbonyl (C=O) groups is 1. The van der Waals surface area contributed by atoms with Crippen LogP contribution in [0.3, 0.4) is 0 Å². The molecule has 3 rings (SSSR count). The Morgan fingerprint density at radius 1 is 1.39 bits per heavy atom. The maximum absolute atomic E-state index is 12.8. The summed E-state index contributed by atoms with van der Waals surface area (Å²) < 4.78 is 38.4. The molecule has 0 radical (unpaired) electrons. The molecule has 122 valence electrons. The number of alkyl halides is 3. The van der Waals surface area contributed by atoms with Crippen molar-refractivity contribution in [2.24, 2.45) is 0 Å². The molecule has 0 spiro atoms. The molecule has 1 saturated heterocycles. The van der Waals surface area contributed by atoms with E-state index in [-0.39, 0.29) is 11.9 Å². The molecule has 1 aliphatic rings. The van der Waals surface area contributed by atoms with Crippen molar-refractivity contribution in [3.8, 4) is 11.3 Å². The Labute approximate surface area is 131 Å². The van der Waals surface area contributed by atoms with Gasteiger partial charge in [0.15, 0.2) is 0 Å². The highest BCUT2D eigenvalue weighted by Crippen LogP contribution is 2.34. The van der Waals surface area contributed by atoms with Crippen molar-refractivity contribution in [1.82, 2.24) is 14.9 Å². The second-order valence-corrected chi connectivity index (χ2v) is 5.63. The zero-order valence-corrected chi connectivity index (χ0v) is 12.5. The molecule has 1 fully saturated rings. The molecule has 1 amide bonds. The van der Waals surface area contributed by atoms with E-state index >= 15 is 0 Å². The van der Waals surface area contributed by atoms with E-state index in [1.807, 2.05) is 0 Å². The normalized spacial score (nSPS) is 18.4. The molecule has 1 atom stereocenters. The Kier molecular flexibility index (Phi) is 3.87. The van der Waals surface area contributed by atoms with Crippen LogP contribution in [0.2, 0.25) is 0 Å². The van der Waals surface area contributed by atoms with Crippen LogP contribution in [0.5, 0.6) is 0 Å². The summed E-state index contributed by atoms with van der Waals surface area (Å²) in [4.78, 5) is 20.7. The summed E-state index contributed by atoms with van der Waals surface area (Å²) in [6.45, 7) is 2.19. The topological polar surface area (TPSA) is 49.0 Å². The van der Waals surface area contributed by atoms with E-state index in [0.717, 1.165) is 25.0 Å². The van der Waals surface area contributed by atoms with Gasteiger partial charge in [-0.05, 0) is 25.0 Å². The summed E-state index contributed by atoms with van der Waals surface area (Å²) in [5.41, 5.74) is 0.241. The Balaban J connectivity index is 1.89. The van der Waals surface area contributed by atoms with Crippen molar-refractivity contribution in [2.45, 2.75) is 32.0 Å². The van der Waals surface area contributed by atoms with Crippen LogP contribution in [0.1, 0.15) is 37.2 Å². The summed E-state index contributed by atoms with van der Waals surface area (Å²) in [6, 6.07) is 4.97. The van der Waals surface area contributed by atoms with Gasteiger partial charge in [-0.25, -0.2) is 4.98 Å². The molecule has 1 aromatic heterocycles. The number of rotatable bonds is 2. The molecule has 23 heavy (non-hydrogen) atoms. The van der Waals surface area contributed by atoms with Crippen LogP contribution in [-0.4, -0.2) is 27.3 Å². The minimum atomic E-state index is -4.38. The number of H-pyrrole nitrogens is 1. The molecule has 7 heteroatoms. The molecule has 0 bridgehead atoms. The summed E-state index contributed by atoms with van der Waals surface area (Å²) >= 11 is 0. The van der Waals surface area contributed by atoms with E-state index < -0.39 is 11.7 Å². The van der Waals surface area contributed by atoms with Gasteiger partial charge < -0.3 is 9.88 Å². The Morgan fingerprint density at radius 3 is 2.87 bits per heavy atom. The highest BCUT2D eigenvalue weighted by Gasteiger charge is 2.32. The van der Waals surface area contributed by atoms with Gasteiger partial charge in [-0.1, -0.05) is 12.1 Å². The number of nitrogens with zero attached hydrogens (tertiary/aromatic N) is 2. The van der Waals surface area contributed by atoms with Crippen LogP contribution in [0.15, 0.2) is 30.5 Å². The van der Waals surface area contributed by atoms with E-state index in [1.165, 1.54) is 19.2 Å². The summed E-state index contributed by atoms with van der Waals surface area (Å²) in [5, 5.41) is 0. The lowest BCUT2D eigenvalue weighted by molar-refractivity contribution is -0.137. The van der Waals surface area contributed by atoms with Crippen molar-refractivity contribution in [1.29, 1.82) is 0 Å². The number of aromatic amines is 1. The number of imidazole rings is 1. The van der Waals surface area contributed by atoms with Gasteiger partial charge in [0, 0.05) is 19.0 Å². The lowest BCUT2D eigenvalue weighted by Crippen LogP contribution is -2.28. The number of benzene rings is 1. The number of likely N-dealkylation sites (tertiary alicyclic amines) is 1. The van der Waals surface area contributed by atoms with Crippen molar-refractivity contribution in [3.63, 3.8) is 0 Å². The van der Waals surface area contributed by atoms with Crippen molar-refractivity contribution in [3.05, 3.63) is 41.9 Å². The van der Waals surface area contributed by atoms with Gasteiger partial charge in [-0.2, -0.15) is 13.2 Å². The Morgan fingerprint density at radius 2 is 2.17 bits per heavy atom. The van der Waals surface area contributed by atoms with Gasteiger partial charge in [0.25, 0.3) is 0 Å². The van der Waals surface area contributed by atoms with E-state index in [0.29, 0.717) is 23.6 Å². The molecule has 0 saturated carbocycles. The fourth-order valence-corrected chi connectivity index (χ4v) is 2.94. The first-order valence-corrected chi connectivity index (χ1v) is 7.36. The number of nitrogens with one attached hydrogen (secondary N) is 1. The SMILES string of the molecule is CC(=O)N1CCC[C@H]1c1ncc(-c2cccc(C(F)(F)F)c2)[nH]1. The summed E-state index contributed by atoms with van der Waals surface area (Å²) in [6.07, 6.45) is -1.17. The third kappa shape index (κ3) is 3.09. The molecule has 1 aromatic carbocycles. The molecule has 1 aliphatic heterocycles. The predicted molar refractivity (Wildman–Crippen MR) is 78.4 cm³/mol. The fourth-order valence-electron chi connectivity index (χ4n) is 2.94. The van der Waals surface area contributed by atoms with Gasteiger partial charge in [0.2, 0.25) is 5.91 Å². The van der Waals surface area contributed by atoms with E-state index in [9.17, 15) is 18.0 Å². The van der Waals surface area contributed by atoms with E-state index in [1.54, 1.807) is 11.0 Å². The first kappa shape index (κ1) is 15.6. The van der Waals surface area contributed by atoms with Gasteiger partial charge >= 0.3 is 6.18 Å². The lowest BCUT2D eigenvalue weighted by Gasteiger charge is -2.21. The molecule has 2 aromatic rings. The quantitative estimate of drug-likeness (QED) is 0.914. The number of amides is 1. The third-order valence-electron chi connectivity index (χ3n) is 4.07. The lowest BCUT2D eigenvalue weighted by atomic mass is 10.1. The van der Waals surface area contributed by atoms with Gasteiger partial charge in [-0.3, -0.25) is 4.79 Å². The monoisotopic (exact) mass is 323 g/mol. The highest BCUT2D eigenvalue weighted by molar-refractivity contribution is 5.74. The first-order chi connectivity index (χ1) is 10.9. The van der Waals surface area contributed by atoms with Crippen LogP contribution in [0.25, 0.3) is 11.3 Å². The average molecular weight is 323 g/mol. The van der Waals surface area contributed by atoms with Crippen LogP contribution < -0.4 is 0 Å². The Hall–Kier alpha value is -2.31. The number of carbonyl (C=O) groups excluding carboxylic acids is 1. The van der Waals surface area contributed by atoms with E-state index in [2.05, 4.69) is 9.97 Å². The van der Waals surface area contributed by atoms with E-state index in [4.69, 9.17) is 0 Å². The molecule has 4 nitrogen and oxygen atoms in total. The van der Waals surface area contributed by atoms with Crippen LogP contribution in [-0.2, 0) is 11.0 Å². The molecule has 2 heterocycles. The van der Waals surface area contributed by atoms with Gasteiger partial charge in [-0.15, -0.1) is 0 Å². The summed E-state index contributed by atoms with van der Waals surface area (Å²) in [5.74, 6) is 0.592. The highest BCUT2D eigenvalue weighted by atomic mass is 19.4. The second kappa shape index (κ2) is 5.72. The molecular formula is C16H16F3N3O. The maximum atomic E-state index is 12.8. The maximum Gasteiger partial charge on any atom is 0.416 e. The minimum absolute atomic E-state index is 0.0236. The zero-order chi connectivity index (χ0) is 16.6. The average Bonchev–Trinajstić information content (AvgIpc) is 3.15. The number of halogens is 3. The number of aromatic nitrogens is 2. The third-order valence-corrected chi connectivity index (χ3v) is 4.07.